The molecule has 0 aliphatic rings. The van der Waals surface area contributed by atoms with Gasteiger partial charge in [-0.1, -0.05) is 6.92 Å². The van der Waals surface area contributed by atoms with Crippen molar-refractivity contribution in [2.24, 2.45) is 0 Å². The number of imidazole rings is 1. The van der Waals surface area contributed by atoms with Crippen molar-refractivity contribution >= 4 is 34.1 Å². The Morgan fingerprint density at radius 1 is 1.42 bits per heavy atom. The summed E-state index contributed by atoms with van der Waals surface area (Å²) in [5.74, 6) is 1.14. The highest BCUT2D eigenvalue weighted by atomic mass is 79.9. The van der Waals surface area contributed by atoms with Crippen molar-refractivity contribution < 1.29 is 9.53 Å². The molecule has 0 aliphatic heterocycles. The summed E-state index contributed by atoms with van der Waals surface area (Å²) in [6.07, 6.45) is 4.58. The molecule has 0 aromatic carbocycles. The number of ether oxygens (including phenoxy) is 1. The van der Waals surface area contributed by atoms with Crippen LogP contribution < -0.4 is 4.74 Å². The molecule has 6 heteroatoms. The molecule has 0 unspecified atom stereocenters. The van der Waals surface area contributed by atoms with Crippen LogP contribution in [0.1, 0.15) is 23.9 Å². The molecule has 2 aromatic rings. The first kappa shape index (κ1) is 13.7. The molecule has 0 spiro atoms. The molecule has 2 aromatic heterocycles. The van der Waals surface area contributed by atoms with Gasteiger partial charge in [0.1, 0.15) is 10.9 Å². The second-order valence-electron chi connectivity index (χ2n) is 3.96. The van der Waals surface area contributed by atoms with Crippen LogP contribution in [-0.2, 0) is 11.2 Å². The molecule has 0 aliphatic carbocycles. The van der Waals surface area contributed by atoms with Gasteiger partial charge in [0.15, 0.2) is 0 Å². The Bertz CT molecular complexity index is 662. The summed E-state index contributed by atoms with van der Waals surface area (Å²) in [5, 5.41) is 0. The quantitative estimate of drug-likeness (QED) is 0.641. The van der Waals surface area contributed by atoms with Crippen molar-refractivity contribution in [3.8, 4) is 5.88 Å². The molecule has 19 heavy (non-hydrogen) atoms. The fourth-order valence-electron chi connectivity index (χ4n) is 2.04. The number of aldehydes is 1. The molecule has 5 nitrogen and oxygen atoms in total. The van der Waals surface area contributed by atoms with Gasteiger partial charge in [-0.15, -0.1) is 0 Å². The largest absolute Gasteiger partial charge is 0.481 e. The lowest BCUT2D eigenvalue weighted by atomic mass is 10.2. The summed E-state index contributed by atoms with van der Waals surface area (Å²) in [5.41, 5.74) is 2.73. The van der Waals surface area contributed by atoms with E-state index in [1.807, 2.05) is 11.3 Å². The van der Waals surface area contributed by atoms with Gasteiger partial charge >= 0.3 is 0 Å². The number of methoxy groups -OCH3 is 1. The highest BCUT2D eigenvalue weighted by Gasteiger charge is 2.16. The number of carbonyl (C=O) groups excluding carboxylic acids is 1. The van der Waals surface area contributed by atoms with E-state index < -0.39 is 0 Å². The normalized spacial score (nSPS) is 11.4. The van der Waals surface area contributed by atoms with E-state index in [0.717, 1.165) is 28.6 Å². The van der Waals surface area contributed by atoms with Crippen LogP contribution in [0.2, 0.25) is 0 Å². The van der Waals surface area contributed by atoms with E-state index in [0.29, 0.717) is 17.4 Å². The summed E-state index contributed by atoms with van der Waals surface area (Å²) in [6.45, 7) is 4.05. The molecule has 0 N–H and O–H groups in total. The van der Waals surface area contributed by atoms with E-state index in [1.165, 1.54) is 6.08 Å². The van der Waals surface area contributed by atoms with Gasteiger partial charge in [-0.2, -0.15) is 4.98 Å². The van der Waals surface area contributed by atoms with E-state index in [1.54, 1.807) is 13.2 Å². The van der Waals surface area contributed by atoms with Crippen LogP contribution in [0.3, 0.4) is 0 Å². The number of carbonyl (C=O) groups is 1. The average molecular weight is 324 g/mol. The van der Waals surface area contributed by atoms with Gasteiger partial charge in [-0.05, 0) is 41.4 Å². The number of aromatic nitrogens is 3. The molecule has 0 atom stereocenters. The molecule has 0 saturated heterocycles. The maximum atomic E-state index is 10.4. The minimum Gasteiger partial charge on any atom is -0.481 e. The van der Waals surface area contributed by atoms with Crippen molar-refractivity contribution in [2.45, 2.75) is 20.3 Å². The van der Waals surface area contributed by atoms with E-state index in [4.69, 9.17) is 4.74 Å². The van der Waals surface area contributed by atoms with Crippen LogP contribution >= 0.6 is 15.9 Å². The Kier molecular flexibility index (Phi) is 3.99. The maximum absolute atomic E-state index is 10.4. The molecule has 0 amide bonds. The first-order chi connectivity index (χ1) is 9.13. The Labute approximate surface area is 119 Å². The molecular formula is C13H14BrN3O2. The molecule has 100 valence electrons. The van der Waals surface area contributed by atoms with Gasteiger partial charge < -0.3 is 4.74 Å². The lowest BCUT2D eigenvalue weighted by molar-refractivity contribution is -0.104. The number of hydrogen-bond acceptors (Lipinski definition) is 4. The maximum Gasteiger partial charge on any atom is 0.238 e. The SMILES string of the molecule is CCc1c(OC)nc2nc(C=CC=O)c(Br)n2c1C. The number of nitrogens with zero attached hydrogens (tertiary/aromatic N) is 3. The Balaban J connectivity index is 2.76. The first-order valence-corrected chi connectivity index (χ1v) is 6.66. The Morgan fingerprint density at radius 2 is 2.16 bits per heavy atom. The van der Waals surface area contributed by atoms with Crippen LogP contribution in [-0.4, -0.2) is 27.8 Å². The zero-order chi connectivity index (χ0) is 14.0. The fraction of sp³-hybridized carbons (Fsp3) is 0.308. The standard InChI is InChI=1S/C13H14BrN3O2/c1-4-9-8(2)17-11(14)10(6-5-7-18)15-13(17)16-12(9)19-3/h5-7H,4H2,1-3H3. The zero-order valence-electron chi connectivity index (χ0n) is 11.0. The van der Waals surface area contributed by atoms with E-state index in [9.17, 15) is 4.79 Å². The fourth-order valence-corrected chi connectivity index (χ4v) is 2.68. The van der Waals surface area contributed by atoms with Gasteiger partial charge in [0.05, 0.1) is 12.8 Å². The minimum absolute atomic E-state index is 0.545. The number of hydrogen-bond donors (Lipinski definition) is 0. The third-order valence-electron chi connectivity index (χ3n) is 2.94. The van der Waals surface area contributed by atoms with Crippen molar-refractivity contribution in [3.63, 3.8) is 0 Å². The molecular weight excluding hydrogens is 310 g/mol. The van der Waals surface area contributed by atoms with Crippen molar-refractivity contribution in [2.75, 3.05) is 7.11 Å². The predicted octanol–water partition coefficient (Wildman–Crippen LogP) is 2.58. The highest BCUT2D eigenvalue weighted by molar-refractivity contribution is 9.10. The third kappa shape index (κ3) is 2.28. The average Bonchev–Trinajstić information content (AvgIpc) is 2.72. The van der Waals surface area contributed by atoms with E-state index in [-0.39, 0.29) is 0 Å². The van der Waals surface area contributed by atoms with E-state index in [2.05, 4.69) is 32.8 Å². The van der Waals surface area contributed by atoms with Crippen LogP contribution in [0.4, 0.5) is 0 Å². The van der Waals surface area contributed by atoms with Crippen molar-refractivity contribution in [3.05, 3.63) is 27.6 Å². The zero-order valence-corrected chi connectivity index (χ0v) is 12.6. The number of fused-ring (bicyclic) bond motifs is 1. The second-order valence-corrected chi connectivity index (χ2v) is 4.71. The van der Waals surface area contributed by atoms with Crippen LogP contribution in [0, 0.1) is 6.92 Å². The Morgan fingerprint density at radius 3 is 2.74 bits per heavy atom. The molecule has 0 fully saturated rings. The summed E-state index contributed by atoms with van der Waals surface area (Å²) in [7, 11) is 1.60. The minimum atomic E-state index is 0.545. The molecule has 2 heterocycles. The smallest absolute Gasteiger partial charge is 0.238 e. The topological polar surface area (TPSA) is 56.5 Å². The van der Waals surface area contributed by atoms with Crippen molar-refractivity contribution in [1.29, 1.82) is 0 Å². The first-order valence-electron chi connectivity index (χ1n) is 5.87. The molecule has 2 rings (SSSR count). The number of allylic oxidation sites excluding steroid dienone is 1. The van der Waals surface area contributed by atoms with Gasteiger partial charge in [-0.25, -0.2) is 4.98 Å². The summed E-state index contributed by atoms with van der Waals surface area (Å²) in [4.78, 5) is 19.2. The lowest BCUT2D eigenvalue weighted by Gasteiger charge is -2.11. The summed E-state index contributed by atoms with van der Waals surface area (Å²) < 4.78 is 7.99. The van der Waals surface area contributed by atoms with Crippen LogP contribution in [0.25, 0.3) is 11.9 Å². The van der Waals surface area contributed by atoms with Crippen LogP contribution in [0.5, 0.6) is 5.88 Å². The highest BCUT2D eigenvalue weighted by Crippen LogP contribution is 2.27. The van der Waals surface area contributed by atoms with Gasteiger partial charge in [0, 0.05) is 11.3 Å². The predicted molar refractivity (Wildman–Crippen MR) is 76.5 cm³/mol. The van der Waals surface area contributed by atoms with E-state index >= 15 is 0 Å². The lowest BCUT2D eigenvalue weighted by Crippen LogP contribution is -2.04. The van der Waals surface area contributed by atoms with Gasteiger partial charge in [0.25, 0.3) is 0 Å². The summed E-state index contributed by atoms with van der Waals surface area (Å²) in [6, 6.07) is 0. The number of halogens is 1. The third-order valence-corrected chi connectivity index (χ3v) is 3.70. The molecule has 0 radical (unpaired) electrons. The van der Waals surface area contributed by atoms with Gasteiger partial charge in [0.2, 0.25) is 11.7 Å². The molecule has 0 bridgehead atoms. The van der Waals surface area contributed by atoms with Crippen LogP contribution in [0.15, 0.2) is 10.7 Å². The van der Waals surface area contributed by atoms with Gasteiger partial charge in [-0.3, -0.25) is 9.20 Å². The molecule has 0 saturated carbocycles. The number of aryl methyl sites for hydroxylation is 1. The monoisotopic (exact) mass is 323 g/mol. The second kappa shape index (κ2) is 5.52. The summed E-state index contributed by atoms with van der Waals surface area (Å²) >= 11 is 3.50. The van der Waals surface area contributed by atoms with Crippen molar-refractivity contribution in [1.82, 2.24) is 14.4 Å². The number of rotatable bonds is 4. The Hall–Kier alpha value is -1.69.